The molecule has 37 heavy (non-hydrogen) atoms. The molecule has 0 spiro atoms. The first-order chi connectivity index (χ1) is 17.9. The lowest BCUT2D eigenvalue weighted by molar-refractivity contribution is -0.140. The number of amides is 1. The smallest absolute Gasteiger partial charge is 0.296 e. The number of nitrogens with zero attached hydrogens (tertiary/aromatic N) is 3. The van der Waals surface area contributed by atoms with Crippen molar-refractivity contribution in [1.29, 1.82) is 0 Å². The van der Waals surface area contributed by atoms with Gasteiger partial charge < -0.3 is 19.6 Å². The normalized spacial score (nSPS) is 20.1. The maximum atomic E-state index is 13.4. The van der Waals surface area contributed by atoms with Crippen LogP contribution in [0.2, 0.25) is 0 Å². The number of aromatic nitrogens is 1. The largest absolute Gasteiger partial charge is 0.507 e. The molecule has 7 nitrogen and oxygen atoms in total. The third kappa shape index (κ3) is 4.57. The Balaban J connectivity index is 1.60. The van der Waals surface area contributed by atoms with Crippen molar-refractivity contribution in [2.24, 2.45) is 0 Å². The van der Waals surface area contributed by atoms with E-state index >= 15 is 0 Å². The van der Waals surface area contributed by atoms with Gasteiger partial charge in [0.05, 0.1) is 23.9 Å². The summed E-state index contributed by atoms with van der Waals surface area (Å²) in [5.41, 5.74) is 4.03. The van der Waals surface area contributed by atoms with Crippen molar-refractivity contribution in [1.82, 2.24) is 9.88 Å². The molecule has 3 heterocycles. The summed E-state index contributed by atoms with van der Waals surface area (Å²) >= 11 is 0. The van der Waals surface area contributed by atoms with Gasteiger partial charge in [0.2, 0.25) is 0 Å². The van der Waals surface area contributed by atoms with Gasteiger partial charge in [-0.3, -0.25) is 14.6 Å². The molecule has 2 aliphatic heterocycles. The van der Waals surface area contributed by atoms with Gasteiger partial charge >= 0.3 is 0 Å². The van der Waals surface area contributed by atoms with Gasteiger partial charge in [0.25, 0.3) is 11.7 Å². The van der Waals surface area contributed by atoms with Crippen molar-refractivity contribution < 1.29 is 19.4 Å². The molecule has 7 heteroatoms. The molecule has 2 aromatic carbocycles. The van der Waals surface area contributed by atoms with Gasteiger partial charge in [0.1, 0.15) is 17.6 Å². The number of rotatable bonds is 7. The quantitative estimate of drug-likeness (QED) is 0.285. The van der Waals surface area contributed by atoms with E-state index in [9.17, 15) is 14.7 Å². The maximum absolute atomic E-state index is 13.4. The predicted molar refractivity (Wildman–Crippen MR) is 142 cm³/mol. The van der Waals surface area contributed by atoms with E-state index in [4.69, 9.17) is 4.74 Å². The fourth-order valence-electron chi connectivity index (χ4n) is 5.24. The van der Waals surface area contributed by atoms with Crippen LogP contribution in [0.15, 0.2) is 72.4 Å². The van der Waals surface area contributed by atoms with Crippen LogP contribution in [0.3, 0.4) is 0 Å². The van der Waals surface area contributed by atoms with Crippen LogP contribution in [0.5, 0.6) is 5.75 Å². The number of anilines is 1. The zero-order valence-corrected chi connectivity index (χ0v) is 21.3. The van der Waals surface area contributed by atoms with Crippen molar-refractivity contribution in [3.05, 3.63) is 94.8 Å². The van der Waals surface area contributed by atoms with E-state index in [1.54, 1.807) is 18.3 Å². The van der Waals surface area contributed by atoms with Crippen LogP contribution in [0.4, 0.5) is 5.69 Å². The standard InChI is InChI=1S/C30H31N3O4/c1-4-32(5-2)24-12-9-20(10-13-24)27-26(28(34)21-11-14-25-22(17-21)16-19(3)37-25)29(35)30(36)33(27)18-23-8-6-7-15-31-23/h6-15,17,19,27,34H,4-5,16,18H2,1-3H3/b28-26-. The summed E-state index contributed by atoms with van der Waals surface area (Å²) < 4.78 is 5.79. The Morgan fingerprint density at radius 3 is 2.51 bits per heavy atom. The Bertz CT molecular complexity index is 1350. The zero-order chi connectivity index (χ0) is 26.1. The van der Waals surface area contributed by atoms with E-state index in [1.165, 1.54) is 4.90 Å². The van der Waals surface area contributed by atoms with Crippen LogP contribution in [-0.2, 0) is 22.6 Å². The molecule has 1 saturated heterocycles. The molecular weight excluding hydrogens is 466 g/mol. The van der Waals surface area contributed by atoms with Gasteiger partial charge in [-0.05, 0) is 74.4 Å². The van der Waals surface area contributed by atoms with E-state index < -0.39 is 17.7 Å². The highest BCUT2D eigenvalue weighted by Crippen LogP contribution is 2.41. The van der Waals surface area contributed by atoms with Crippen LogP contribution >= 0.6 is 0 Å². The molecule has 0 aliphatic carbocycles. The lowest BCUT2D eigenvalue weighted by Crippen LogP contribution is -2.29. The van der Waals surface area contributed by atoms with Gasteiger partial charge in [-0.2, -0.15) is 0 Å². The van der Waals surface area contributed by atoms with Crippen LogP contribution in [0, 0.1) is 0 Å². The van der Waals surface area contributed by atoms with E-state index in [0.29, 0.717) is 11.3 Å². The molecule has 0 radical (unpaired) electrons. The second-order valence-electron chi connectivity index (χ2n) is 9.47. The maximum Gasteiger partial charge on any atom is 0.296 e. The van der Waals surface area contributed by atoms with Gasteiger partial charge in [0.15, 0.2) is 0 Å². The van der Waals surface area contributed by atoms with Gasteiger partial charge in [0, 0.05) is 37.0 Å². The van der Waals surface area contributed by atoms with Crippen molar-refractivity contribution in [2.75, 3.05) is 18.0 Å². The minimum Gasteiger partial charge on any atom is -0.507 e. The summed E-state index contributed by atoms with van der Waals surface area (Å²) in [5.74, 6) is -0.746. The van der Waals surface area contributed by atoms with Gasteiger partial charge in [-0.25, -0.2) is 0 Å². The minimum atomic E-state index is -0.740. The Labute approximate surface area is 217 Å². The third-order valence-corrected chi connectivity index (χ3v) is 7.11. The monoisotopic (exact) mass is 497 g/mol. The lowest BCUT2D eigenvalue weighted by atomic mass is 9.94. The molecule has 2 unspecified atom stereocenters. The summed E-state index contributed by atoms with van der Waals surface area (Å²) in [6.07, 6.45) is 2.44. The Morgan fingerprint density at radius 1 is 1.08 bits per heavy atom. The highest BCUT2D eigenvalue weighted by Gasteiger charge is 2.46. The Kier molecular flexibility index (Phi) is 6.70. The molecular formula is C30H31N3O4. The van der Waals surface area contributed by atoms with Crippen LogP contribution in [-0.4, -0.2) is 45.9 Å². The molecule has 2 aliphatic rings. The second kappa shape index (κ2) is 10.1. The summed E-state index contributed by atoms with van der Waals surface area (Å²) in [4.78, 5) is 34.8. The number of ether oxygens (including phenoxy) is 1. The fraction of sp³-hybridized carbons (Fsp3) is 0.300. The summed E-state index contributed by atoms with van der Waals surface area (Å²) in [6.45, 7) is 8.08. The number of Topliss-reactive ketones (excluding diaryl/α,β-unsaturated/α-hetero) is 1. The molecule has 1 N–H and O–H groups in total. The number of pyridine rings is 1. The number of fused-ring (bicyclic) bond motifs is 1. The van der Waals surface area contributed by atoms with E-state index in [0.717, 1.165) is 42.1 Å². The molecule has 1 aromatic heterocycles. The van der Waals surface area contributed by atoms with Crippen LogP contribution in [0.1, 0.15) is 49.2 Å². The zero-order valence-electron chi connectivity index (χ0n) is 21.3. The average Bonchev–Trinajstić information content (AvgIpc) is 3.41. The highest BCUT2D eigenvalue weighted by atomic mass is 16.5. The number of carbonyl (C=O) groups excluding carboxylic acids is 2. The molecule has 0 bridgehead atoms. The van der Waals surface area contributed by atoms with Crippen molar-refractivity contribution >= 4 is 23.1 Å². The molecule has 1 fully saturated rings. The molecule has 0 saturated carbocycles. The first-order valence-corrected chi connectivity index (χ1v) is 12.7. The van der Waals surface area contributed by atoms with E-state index in [2.05, 4.69) is 23.7 Å². The number of likely N-dealkylation sites (tertiary alicyclic amines) is 1. The van der Waals surface area contributed by atoms with Gasteiger partial charge in [-0.15, -0.1) is 0 Å². The number of ketones is 1. The van der Waals surface area contributed by atoms with Crippen molar-refractivity contribution in [2.45, 2.75) is 45.9 Å². The molecule has 2 atom stereocenters. The van der Waals surface area contributed by atoms with Gasteiger partial charge in [-0.1, -0.05) is 18.2 Å². The highest BCUT2D eigenvalue weighted by molar-refractivity contribution is 6.46. The minimum absolute atomic E-state index is 0.0562. The van der Waals surface area contributed by atoms with E-state index in [-0.39, 0.29) is 24.0 Å². The van der Waals surface area contributed by atoms with Crippen molar-refractivity contribution in [3.63, 3.8) is 0 Å². The molecule has 190 valence electrons. The summed E-state index contributed by atoms with van der Waals surface area (Å²) in [5, 5.41) is 11.5. The molecule has 5 rings (SSSR count). The number of aliphatic hydroxyl groups excluding tert-OH is 1. The fourth-order valence-corrected chi connectivity index (χ4v) is 5.24. The summed E-state index contributed by atoms with van der Waals surface area (Å²) in [6, 6.07) is 18.0. The first kappa shape index (κ1) is 24.6. The molecule has 3 aromatic rings. The third-order valence-electron chi connectivity index (χ3n) is 7.11. The second-order valence-corrected chi connectivity index (χ2v) is 9.47. The number of benzene rings is 2. The summed E-state index contributed by atoms with van der Waals surface area (Å²) in [7, 11) is 0. The number of carbonyl (C=O) groups is 2. The van der Waals surface area contributed by atoms with E-state index in [1.807, 2.05) is 55.5 Å². The number of hydrogen-bond acceptors (Lipinski definition) is 6. The number of aliphatic hydroxyl groups is 1. The number of hydrogen-bond donors (Lipinski definition) is 1. The predicted octanol–water partition coefficient (Wildman–Crippen LogP) is 4.87. The topological polar surface area (TPSA) is 83.0 Å². The Hall–Kier alpha value is -4.13. The van der Waals surface area contributed by atoms with Crippen molar-refractivity contribution in [3.8, 4) is 5.75 Å². The average molecular weight is 498 g/mol. The van der Waals surface area contributed by atoms with Crippen LogP contribution < -0.4 is 9.64 Å². The Morgan fingerprint density at radius 2 is 1.84 bits per heavy atom. The van der Waals surface area contributed by atoms with Crippen LogP contribution in [0.25, 0.3) is 5.76 Å². The lowest BCUT2D eigenvalue weighted by Gasteiger charge is -2.26. The SMILES string of the molecule is CCN(CC)c1ccc(C2/C(=C(/O)c3ccc4c(c3)CC(C)O4)C(=O)C(=O)N2Cc2ccccn2)cc1. The first-order valence-electron chi connectivity index (χ1n) is 12.7. The molecule has 1 amide bonds.